The third-order valence-electron chi connectivity index (χ3n) is 5.19. The molecule has 1 N–H and O–H groups in total. The quantitative estimate of drug-likeness (QED) is 0.771. The Kier molecular flexibility index (Phi) is 5.91. The van der Waals surface area contributed by atoms with Gasteiger partial charge in [-0.1, -0.05) is 31.3 Å². The van der Waals surface area contributed by atoms with Crippen LogP contribution in [0.15, 0.2) is 18.2 Å². The SMILES string of the molecule is Cc1ccc2nc(NC(=O)CCC(=O)OC3CCC(C)C(C)C3)sc2c1. The van der Waals surface area contributed by atoms with E-state index in [9.17, 15) is 9.59 Å². The van der Waals surface area contributed by atoms with E-state index in [1.165, 1.54) is 11.3 Å². The molecule has 1 saturated carbocycles. The van der Waals surface area contributed by atoms with Gasteiger partial charge in [-0.25, -0.2) is 4.98 Å². The van der Waals surface area contributed by atoms with Crippen molar-refractivity contribution >= 4 is 38.6 Å². The molecule has 1 aromatic heterocycles. The third kappa shape index (κ3) is 4.81. The van der Waals surface area contributed by atoms with E-state index in [0.717, 1.165) is 35.0 Å². The van der Waals surface area contributed by atoms with Crippen LogP contribution >= 0.6 is 11.3 Å². The molecule has 0 spiro atoms. The molecule has 3 unspecified atom stereocenters. The molecule has 0 aliphatic heterocycles. The molecule has 3 rings (SSSR count). The summed E-state index contributed by atoms with van der Waals surface area (Å²) in [6.45, 7) is 6.48. The minimum absolute atomic E-state index is 0.00395. The summed E-state index contributed by atoms with van der Waals surface area (Å²) >= 11 is 1.44. The van der Waals surface area contributed by atoms with Crippen molar-refractivity contribution in [2.24, 2.45) is 11.8 Å². The number of ether oxygens (including phenoxy) is 1. The molecule has 1 aliphatic carbocycles. The molecule has 1 heterocycles. The second kappa shape index (κ2) is 8.16. The average molecular weight is 375 g/mol. The summed E-state index contributed by atoms with van der Waals surface area (Å²) in [6.07, 6.45) is 3.17. The number of hydrogen-bond acceptors (Lipinski definition) is 5. The van der Waals surface area contributed by atoms with Crippen molar-refractivity contribution in [3.63, 3.8) is 0 Å². The number of benzene rings is 1. The van der Waals surface area contributed by atoms with Gasteiger partial charge in [0.1, 0.15) is 6.10 Å². The van der Waals surface area contributed by atoms with Crippen molar-refractivity contribution in [1.29, 1.82) is 0 Å². The molecule has 2 aromatic rings. The highest BCUT2D eigenvalue weighted by Crippen LogP contribution is 2.31. The topological polar surface area (TPSA) is 68.3 Å². The maximum absolute atomic E-state index is 12.1. The smallest absolute Gasteiger partial charge is 0.306 e. The Labute approximate surface area is 158 Å². The van der Waals surface area contributed by atoms with Gasteiger partial charge in [0.15, 0.2) is 5.13 Å². The molecule has 0 radical (unpaired) electrons. The fourth-order valence-corrected chi connectivity index (χ4v) is 4.31. The molecule has 6 heteroatoms. The molecule has 0 bridgehead atoms. The lowest BCUT2D eigenvalue weighted by Gasteiger charge is -2.31. The molecule has 3 atom stereocenters. The van der Waals surface area contributed by atoms with Gasteiger partial charge in [-0.2, -0.15) is 0 Å². The van der Waals surface area contributed by atoms with Crippen LogP contribution in [0.5, 0.6) is 0 Å². The number of amides is 1. The van der Waals surface area contributed by atoms with Gasteiger partial charge in [-0.3, -0.25) is 9.59 Å². The van der Waals surface area contributed by atoms with Crippen LogP contribution < -0.4 is 5.32 Å². The zero-order valence-corrected chi connectivity index (χ0v) is 16.4. The zero-order chi connectivity index (χ0) is 18.7. The first-order valence-corrected chi connectivity index (χ1v) is 10.1. The van der Waals surface area contributed by atoms with Gasteiger partial charge in [0, 0.05) is 6.42 Å². The first-order chi connectivity index (χ1) is 12.4. The van der Waals surface area contributed by atoms with E-state index >= 15 is 0 Å². The normalized spacial score (nSPS) is 23.0. The van der Waals surface area contributed by atoms with Crippen molar-refractivity contribution < 1.29 is 14.3 Å². The zero-order valence-electron chi connectivity index (χ0n) is 15.6. The molecule has 1 aromatic carbocycles. The number of carbonyl (C=O) groups is 2. The van der Waals surface area contributed by atoms with Gasteiger partial charge >= 0.3 is 5.97 Å². The van der Waals surface area contributed by atoms with E-state index in [4.69, 9.17) is 4.74 Å². The molecule has 140 valence electrons. The lowest BCUT2D eigenvalue weighted by Crippen LogP contribution is -2.29. The lowest BCUT2D eigenvalue weighted by molar-refractivity contribution is -0.152. The van der Waals surface area contributed by atoms with Crippen LogP contribution in [-0.4, -0.2) is 23.0 Å². The van der Waals surface area contributed by atoms with E-state index in [1.807, 2.05) is 25.1 Å². The van der Waals surface area contributed by atoms with Gasteiger partial charge in [0.2, 0.25) is 5.91 Å². The number of nitrogens with zero attached hydrogens (tertiary/aromatic N) is 1. The van der Waals surface area contributed by atoms with E-state index in [0.29, 0.717) is 17.0 Å². The molecule has 0 saturated heterocycles. The van der Waals surface area contributed by atoms with Gasteiger partial charge in [-0.05, 0) is 55.7 Å². The lowest BCUT2D eigenvalue weighted by atomic mass is 9.80. The molecule has 1 amide bonds. The summed E-state index contributed by atoms with van der Waals surface area (Å²) in [5.41, 5.74) is 2.03. The van der Waals surface area contributed by atoms with Gasteiger partial charge in [0.05, 0.1) is 16.6 Å². The highest BCUT2D eigenvalue weighted by molar-refractivity contribution is 7.22. The summed E-state index contributed by atoms with van der Waals surface area (Å²) in [5.74, 6) is 0.774. The summed E-state index contributed by atoms with van der Waals surface area (Å²) in [5, 5.41) is 3.35. The standard InChI is InChI=1S/C20H26N2O3S/c1-12-4-7-16-17(10-12)26-20(21-16)22-18(23)8-9-19(24)25-15-6-5-13(2)14(3)11-15/h4,7,10,13-15H,5-6,8-9,11H2,1-3H3,(H,21,22,23). The number of aromatic nitrogens is 1. The minimum atomic E-state index is -0.285. The minimum Gasteiger partial charge on any atom is -0.462 e. The molecular weight excluding hydrogens is 348 g/mol. The second-order valence-electron chi connectivity index (χ2n) is 7.42. The number of esters is 1. The van der Waals surface area contributed by atoms with Crippen LogP contribution in [0, 0.1) is 18.8 Å². The van der Waals surface area contributed by atoms with E-state index < -0.39 is 0 Å². The summed E-state index contributed by atoms with van der Waals surface area (Å²) in [7, 11) is 0. The van der Waals surface area contributed by atoms with Crippen LogP contribution in [0.25, 0.3) is 10.2 Å². The van der Waals surface area contributed by atoms with Crippen molar-refractivity contribution in [3.8, 4) is 0 Å². The highest BCUT2D eigenvalue weighted by atomic mass is 32.1. The monoisotopic (exact) mass is 374 g/mol. The predicted molar refractivity (Wildman–Crippen MR) is 104 cm³/mol. The summed E-state index contributed by atoms with van der Waals surface area (Å²) in [4.78, 5) is 28.5. The van der Waals surface area contributed by atoms with Gasteiger partial charge < -0.3 is 10.1 Å². The van der Waals surface area contributed by atoms with Crippen LogP contribution in [0.1, 0.15) is 51.5 Å². The Morgan fingerprint density at radius 3 is 2.81 bits per heavy atom. The van der Waals surface area contributed by atoms with E-state index in [2.05, 4.69) is 24.1 Å². The Morgan fingerprint density at radius 1 is 1.23 bits per heavy atom. The first kappa shape index (κ1) is 18.8. The van der Waals surface area contributed by atoms with Crippen LogP contribution in [-0.2, 0) is 14.3 Å². The van der Waals surface area contributed by atoms with Crippen LogP contribution in [0.2, 0.25) is 0 Å². The van der Waals surface area contributed by atoms with Crippen LogP contribution in [0.3, 0.4) is 0 Å². The summed E-state index contributed by atoms with van der Waals surface area (Å²) in [6, 6.07) is 5.99. The van der Waals surface area contributed by atoms with Crippen molar-refractivity contribution in [2.75, 3.05) is 5.32 Å². The number of carbonyl (C=O) groups excluding carboxylic acids is 2. The number of anilines is 1. The molecular formula is C20H26N2O3S. The molecule has 26 heavy (non-hydrogen) atoms. The summed E-state index contributed by atoms with van der Waals surface area (Å²) < 4.78 is 6.58. The van der Waals surface area contributed by atoms with Crippen molar-refractivity contribution in [2.45, 2.75) is 59.0 Å². The van der Waals surface area contributed by atoms with E-state index in [-0.39, 0.29) is 30.8 Å². The highest BCUT2D eigenvalue weighted by Gasteiger charge is 2.27. The maximum Gasteiger partial charge on any atom is 0.306 e. The molecule has 1 fully saturated rings. The fraction of sp³-hybridized carbons (Fsp3) is 0.550. The second-order valence-corrected chi connectivity index (χ2v) is 8.45. The average Bonchev–Trinajstić information content (AvgIpc) is 2.97. The number of thiazole rings is 1. The van der Waals surface area contributed by atoms with Crippen molar-refractivity contribution in [3.05, 3.63) is 23.8 Å². The third-order valence-corrected chi connectivity index (χ3v) is 6.13. The van der Waals surface area contributed by atoms with Crippen LogP contribution in [0.4, 0.5) is 5.13 Å². The molecule has 5 nitrogen and oxygen atoms in total. The number of fused-ring (bicyclic) bond motifs is 1. The van der Waals surface area contributed by atoms with Gasteiger partial charge in [-0.15, -0.1) is 0 Å². The number of aryl methyl sites for hydroxylation is 1. The number of nitrogens with one attached hydrogen (secondary N) is 1. The Hall–Kier alpha value is -1.95. The Morgan fingerprint density at radius 2 is 2.04 bits per heavy atom. The molecule has 1 aliphatic rings. The maximum atomic E-state index is 12.1. The fourth-order valence-electron chi connectivity index (χ4n) is 3.33. The Balaban J connectivity index is 1.45. The largest absolute Gasteiger partial charge is 0.462 e. The van der Waals surface area contributed by atoms with Gasteiger partial charge in [0.25, 0.3) is 0 Å². The number of hydrogen-bond donors (Lipinski definition) is 1. The number of rotatable bonds is 5. The van der Waals surface area contributed by atoms with E-state index in [1.54, 1.807) is 0 Å². The van der Waals surface area contributed by atoms with Crippen molar-refractivity contribution in [1.82, 2.24) is 4.98 Å². The predicted octanol–water partition coefficient (Wildman–Crippen LogP) is 4.69. The first-order valence-electron chi connectivity index (χ1n) is 9.27. The Bertz CT molecular complexity index is 801.